The summed E-state index contributed by atoms with van der Waals surface area (Å²) in [6, 6.07) is 3.34. The van der Waals surface area contributed by atoms with E-state index in [2.05, 4.69) is 5.32 Å². The fourth-order valence-corrected chi connectivity index (χ4v) is 4.02. The van der Waals surface area contributed by atoms with Gasteiger partial charge in [0.05, 0.1) is 11.4 Å². The Hall–Kier alpha value is -1.60. The van der Waals surface area contributed by atoms with Gasteiger partial charge in [-0.1, -0.05) is 0 Å². The minimum atomic E-state index is -3.70. The lowest BCUT2D eigenvalue weighted by atomic mass is 10.1. The third kappa shape index (κ3) is 2.78. The summed E-state index contributed by atoms with van der Waals surface area (Å²) in [5.74, 6) is -0.274. The predicted octanol–water partition coefficient (Wildman–Crippen LogP) is 0.396. The molecule has 1 aromatic rings. The minimum Gasteiger partial charge on any atom is -0.398 e. The molecule has 0 spiro atoms. The minimum absolute atomic E-state index is 0.143. The highest BCUT2D eigenvalue weighted by molar-refractivity contribution is 7.89. The van der Waals surface area contributed by atoms with E-state index in [1.165, 1.54) is 4.31 Å². The molecule has 1 saturated heterocycles. The van der Waals surface area contributed by atoms with Crippen LogP contribution in [0, 0.1) is 13.8 Å². The van der Waals surface area contributed by atoms with Crippen LogP contribution in [0.1, 0.15) is 17.5 Å². The number of hydrogen-bond acceptors (Lipinski definition) is 4. The normalized spacial score (nSPS) is 17.6. The van der Waals surface area contributed by atoms with Crippen LogP contribution in [0.4, 0.5) is 5.69 Å². The van der Waals surface area contributed by atoms with Crippen molar-refractivity contribution < 1.29 is 13.2 Å². The van der Waals surface area contributed by atoms with Crippen molar-refractivity contribution in [2.45, 2.75) is 25.2 Å². The Morgan fingerprint density at radius 1 is 1.30 bits per heavy atom. The van der Waals surface area contributed by atoms with Gasteiger partial charge in [-0.05, 0) is 43.5 Å². The standard InChI is InChI=1S/C13H19N3O3S/c1-9-6-11(14)10(2)12(7-9)20(18,19)16-5-3-4-15-13(17)8-16/h6-7H,3-5,8,14H2,1-2H3,(H,15,17). The fourth-order valence-electron chi connectivity index (χ4n) is 2.24. The lowest BCUT2D eigenvalue weighted by Gasteiger charge is -2.21. The largest absolute Gasteiger partial charge is 0.398 e. The lowest BCUT2D eigenvalue weighted by Crippen LogP contribution is -2.37. The molecule has 1 heterocycles. The molecular formula is C13H19N3O3S. The number of benzene rings is 1. The fraction of sp³-hybridized carbons (Fsp3) is 0.462. The Morgan fingerprint density at radius 3 is 2.70 bits per heavy atom. The zero-order valence-electron chi connectivity index (χ0n) is 11.6. The topological polar surface area (TPSA) is 92.5 Å². The van der Waals surface area contributed by atoms with Crippen LogP contribution >= 0.6 is 0 Å². The summed E-state index contributed by atoms with van der Waals surface area (Å²) in [5, 5.41) is 2.67. The van der Waals surface area contributed by atoms with Crippen LogP contribution in [0.2, 0.25) is 0 Å². The highest BCUT2D eigenvalue weighted by Gasteiger charge is 2.29. The molecule has 1 aliphatic rings. The molecular weight excluding hydrogens is 278 g/mol. The van der Waals surface area contributed by atoms with Gasteiger partial charge in [-0.25, -0.2) is 8.42 Å². The molecule has 1 aliphatic heterocycles. The third-order valence-corrected chi connectivity index (χ3v) is 5.36. The second-order valence-corrected chi connectivity index (χ2v) is 6.93. The average Bonchev–Trinajstić information content (AvgIpc) is 2.58. The predicted molar refractivity (Wildman–Crippen MR) is 76.7 cm³/mol. The van der Waals surface area contributed by atoms with Crippen LogP contribution < -0.4 is 11.1 Å². The van der Waals surface area contributed by atoms with Crippen LogP contribution in [-0.4, -0.2) is 38.3 Å². The maximum absolute atomic E-state index is 12.7. The lowest BCUT2D eigenvalue weighted by molar-refractivity contribution is -0.120. The van der Waals surface area contributed by atoms with Gasteiger partial charge in [-0.3, -0.25) is 4.79 Å². The number of nitrogen functional groups attached to an aromatic ring is 1. The molecule has 110 valence electrons. The maximum atomic E-state index is 12.7. The first-order valence-electron chi connectivity index (χ1n) is 6.46. The second-order valence-electron chi connectivity index (χ2n) is 5.02. The first-order chi connectivity index (χ1) is 9.32. The summed E-state index contributed by atoms with van der Waals surface area (Å²) >= 11 is 0. The molecule has 0 aromatic heterocycles. The van der Waals surface area contributed by atoms with E-state index < -0.39 is 10.0 Å². The van der Waals surface area contributed by atoms with E-state index in [0.717, 1.165) is 5.56 Å². The van der Waals surface area contributed by atoms with Crippen molar-refractivity contribution >= 4 is 21.6 Å². The molecule has 6 nitrogen and oxygen atoms in total. The van der Waals surface area contributed by atoms with Crippen molar-refractivity contribution in [2.75, 3.05) is 25.4 Å². The van der Waals surface area contributed by atoms with Crippen molar-refractivity contribution in [3.63, 3.8) is 0 Å². The number of anilines is 1. The van der Waals surface area contributed by atoms with Crippen molar-refractivity contribution in [3.8, 4) is 0 Å². The Bertz CT molecular complexity index is 641. The Balaban J connectivity index is 2.47. The first kappa shape index (κ1) is 14.8. The van der Waals surface area contributed by atoms with Gasteiger partial charge in [0, 0.05) is 18.8 Å². The van der Waals surface area contributed by atoms with E-state index in [1.807, 2.05) is 0 Å². The van der Waals surface area contributed by atoms with E-state index in [0.29, 0.717) is 30.8 Å². The number of carbonyl (C=O) groups is 1. The molecule has 7 heteroatoms. The van der Waals surface area contributed by atoms with E-state index in [-0.39, 0.29) is 17.3 Å². The van der Waals surface area contributed by atoms with Gasteiger partial charge < -0.3 is 11.1 Å². The quantitative estimate of drug-likeness (QED) is 0.773. The van der Waals surface area contributed by atoms with E-state index in [4.69, 9.17) is 5.73 Å². The first-order valence-corrected chi connectivity index (χ1v) is 7.90. The van der Waals surface area contributed by atoms with Crippen LogP contribution in [0.25, 0.3) is 0 Å². The average molecular weight is 297 g/mol. The molecule has 0 radical (unpaired) electrons. The van der Waals surface area contributed by atoms with E-state index in [9.17, 15) is 13.2 Å². The van der Waals surface area contributed by atoms with Crippen molar-refractivity contribution in [1.82, 2.24) is 9.62 Å². The summed E-state index contributed by atoms with van der Waals surface area (Å²) in [5.41, 5.74) is 7.60. The van der Waals surface area contributed by atoms with Crippen LogP contribution in [0.3, 0.4) is 0 Å². The Labute approximate surface area is 119 Å². The van der Waals surface area contributed by atoms with Crippen LogP contribution in [0.15, 0.2) is 17.0 Å². The number of rotatable bonds is 2. The number of hydrogen-bond donors (Lipinski definition) is 2. The van der Waals surface area contributed by atoms with E-state index >= 15 is 0 Å². The zero-order chi connectivity index (χ0) is 14.9. The number of nitrogens with zero attached hydrogens (tertiary/aromatic N) is 1. The van der Waals surface area contributed by atoms with Crippen molar-refractivity contribution in [3.05, 3.63) is 23.3 Å². The molecule has 20 heavy (non-hydrogen) atoms. The maximum Gasteiger partial charge on any atom is 0.243 e. The molecule has 0 saturated carbocycles. The van der Waals surface area contributed by atoms with Gasteiger partial charge >= 0.3 is 0 Å². The molecule has 1 aromatic carbocycles. The van der Waals surface area contributed by atoms with Crippen molar-refractivity contribution in [1.29, 1.82) is 0 Å². The number of amides is 1. The van der Waals surface area contributed by atoms with Gasteiger partial charge in [0.2, 0.25) is 15.9 Å². The molecule has 3 N–H and O–H groups in total. The molecule has 0 bridgehead atoms. The second kappa shape index (κ2) is 5.41. The molecule has 0 aliphatic carbocycles. The monoisotopic (exact) mass is 297 g/mol. The van der Waals surface area contributed by atoms with Gasteiger partial charge in [0.25, 0.3) is 0 Å². The molecule has 1 fully saturated rings. The van der Waals surface area contributed by atoms with Gasteiger partial charge in [-0.15, -0.1) is 0 Å². The smallest absolute Gasteiger partial charge is 0.243 e. The van der Waals surface area contributed by atoms with Crippen LogP contribution in [0.5, 0.6) is 0 Å². The van der Waals surface area contributed by atoms with Gasteiger partial charge in [-0.2, -0.15) is 4.31 Å². The molecule has 1 amide bonds. The van der Waals surface area contributed by atoms with Crippen LogP contribution in [-0.2, 0) is 14.8 Å². The number of sulfonamides is 1. The number of carbonyl (C=O) groups excluding carboxylic acids is 1. The Morgan fingerprint density at radius 2 is 2.00 bits per heavy atom. The molecule has 0 unspecified atom stereocenters. The molecule has 0 atom stereocenters. The number of nitrogens with one attached hydrogen (secondary N) is 1. The SMILES string of the molecule is Cc1cc(N)c(C)c(S(=O)(=O)N2CCCNC(=O)C2)c1. The summed E-state index contributed by atoms with van der Waals surface area (Å²) < 4.78 is 26.6. The van der Waals surface area contributed by atoms with E-state index in [1.54, 1.807) is 26.0 Å². The van der Waals surface area contributed by atoms with Crippen molar-refractivity contribution in [2.24, 2.45) is 0 Å². The number of nitrogens with two attached hydrogens (primary N) is 1. The van der Waals surface area contributed by atoms with Gasteiger partial charge in [0.1, 0.15) is 0 Å². The number of aryl methyl sites for hydroxylation is 1. The van der Waals surface area contributed by atoms with Gasteiger partial charge in [0.15, 0.2) is 0 Å². The molecule has 2 rings (SSSR count). The summed E-state index contributed by atoms with van der Waals surface area (Å²) in [7, 11) is -3.70. The highest BCUT2D eigenvalue weighted by atomic mass is 32.2. The zero-order valence-corrected chi connectivity index (χ0v) is 12.5. The Kier molecular flexibility index (Phi) is 4.01. The third-order valence-electron chi connectivity index (χ3n) is 3.39. The highest BCUT2D eigenvalue weighted by Crippen LogP contribution is 2.26. The summed E-state index contributed by atoms with van der Waals surface area (Å²) in [6.45, 7) is 4.16. The summed E-state index contributed by atoms with van der Waals surface area (Å²) in [4.78, 5) is 11.7. The summed E-state index contributed by atoms with van der Waals surface area (Å²) in [6.07, 6.45) is 0.602.